The number of aliphatic hydroxyl groups excluding tert-OH is 1. The number of hydrogen-bond donors (Lipinski definition) is 2. The van der Waals surface area contributed by atoms with E-state index in [4.69, 9.17) is 24.4 Å². The van der Waals surface area contributed by atoms with E-state index in [0.717, 1.165) is 44.3 Å². The first-order chi connectivity index (χ1) is 27.5. The quantitative estimate of drug-likeness (QED) is 0.100. The number of alkyl halides is 4. The van der Waals surface area contributed by atoms with Crippen molar-refractivity contribution < 1.29 is 70.6 Å². The Morgan fingerprint density at radius 2 is 1.00 bits per heavy atom. The van der Waals surface area contributed by atoms with E-state index in [-0.39, 0.29) is 30.0 Å². The Morgan fingerprint density at radius 3 is 1.34 bits per heavy atom. The summed E-state index contributed by atoms with van der Waals surface area (Å²) in [4.78, 5) is 45.4. The van der Waals surface area contributed by atoms with Gasteiger partial charge in [0.1, 0.15) is 28.8 Å². The van der Waals surface area contributed by atoms with Crippen molar-refractivity contribution >= 4 is 23.9 Å². The Labute approximate surface area is 345 Å². The van der Waals surface area contributed by atoms with Crippen molar-refractivity contribution in [2.75, 3.05) is 13.2 Å². The third-order valence-corrected chi connectivity index (χ3v) is 10.0. The molecule has 11 nitrogen and oxygen atoms in total. The number of hydrogen-bond acceptors (Lipinski definition) is 10. The van der Waals surface area contributed by atoms with Crippen LogP contribution in [-0.2, 0) is 23.8 Å². The van der Waals surface area contributed by atoms with Gasteiger partial charge in [0.15, 0.2) is 6.10 Å². The predicted octanol–water partition coefficient (Wildman–Crippen LogP) is 9.86. The standard InChI is InChI=1S/C22H30F2O5.C14H18O3.C8H14F2O3/c1-5-27-20(26)22(23,24)18(15(2)3)28-19(25)16-9-11-17(12-10-16)29-21(4)13-7-6-8-14-21;1-14(9-3-2-4-10-14)17-12-7-5-11(6-8-12)13(15)16;1-4-13-7(12)8(9,10)6(11)5(2)3/h9-12,15,18H,5-8,13-14H2,1-4H3;5-8H,2-4,9-10H2,1H3,(H,15,16);5-6,11H,4H2,1-3H3. The van der Waals surface area contributed by atoms with E-state index in [0.29, 0.717) is 11.3 Å². The van der Waals surface area contributed by atoms with Crippen molar-refractivity contribution in [2.45, 2.75) is 155 Å². The first-order valence-electron chi connectivity index (χ1n) is 20.3. The molecule has 0 amide bonds. The molecule has 0 saturated heterocycles. The molecule has 59 heavy (non-hydrogen) atoms. The lowest BCUT2D eigenvalue weighted by Gasteiger charge is -2.34. The van der Waals surface area contributed by atoms with Crippen molar-refractivity contribution in [1.29, 1.82) is 0 Å². The summed E-state index contributed by atoms with van der Waals surface area (Å²) in [5.74, 6) is -13.0. The van der Waals surface area contributed by atoms with Gasteiger partial charge in [-0.05, 0) is 139 Å². The van der Waals surface area contributed by atoms with Gasteiger partial charge in [0, 0.05) is 0 Å². The largest absolute Gasteiger partial charge is 0.488 e. The van der Waals surface area contributed by atoms with Gasteiger partial charge in [0.25, 0.3) is 0 Å². The zero-order valence-corrected chi connectivity index (χ0v) is 35.5. The van der Waals surface area contributed by atoms with Crippen molar-refractivity contribution in [1.82, 2.24) is 0 Å². The number of rotatable bonds is 15. The summed E-state index contributed by atoms with van der Waals surface area (Å²) >= 11 is 0. The highest BCUT2D eigenvalue weighted by molar-refractivity contribution is 5.90. The Bertz CT molecular complexity index is 1620. The third kappa shape index (κ3) is 15.6. The maximum atomic E-state index is 14.4. The van der Waals surface area contributed by atoms with Gasteiger partial charge in [-0.2, -0.15) is 17.6 Å². The van der Waals surface area contributed by atoms with E-state index in [2.05, 4.69) is 23.3 Å². The minimum Gasteiger partial charge on any atom is -0.488 e. The fourth-order valence-corrected chi connectivity index (χ4v) is 6.62. The molecule has 2 aliphatic rings. The summed E-state index contributed by atoms with van der Waals surface area (Å²) in [6.45, 7) is 12.5. The summed E-state index contributed by atoms with van der Waals surface area (Å²) in [7, 11) is 0. The predicted molar refractivity (Wildman–Crippen MR) is 212 cm³/mol. The zero-order valence-electron chi connectivity index (χ0n) is 35.5. The summed E-state index contributed by atoms with van der Waals surface area (Å²) in [5, 5.41) is 17.8. The summed E-state index contributed by atoms with van der Waals surface area (Å²) in [6.07, 6.45) is 7.32. The number of aromatic carboxylic acids is 1. The summed E-state index contributed by atoms with van der Waals surface area (Å²) < 4.78 is 80.3. The molecule has 0 aliphatic heterocycles. The molecule has 0 bridgehead atoms. The molecule has 2 aliphatic carbocycles. The van der Waals surface area contributed by atoms with Crippen molar-refractivity contribution in [3.63, 3.8) is 0 Å². The molecular weight excluding hydrogens is 780 g/mol. The van der Waals surface area contributed by atoms with E-state index in [9.17, 15) is 36.7 Å². The van der Waals surface area contributed by atoms with Gasteiger partial charge in [-0.15, -0.1) is 0 Å². The normalized spacial score (nSPS) is 17.1. The number of carbonyl (C=O) groups excluding carboxylic acids is 3. The molecule has 2 aromatic rings. The van der Waals surface area contributed by atoms with Crippen molar-refractivity contribution in [2.24, 2.45) is 11.8 Å². The number of ether oxygens (including phenoxy) is 5. The summed E-state index contributed by atoms with van der Waals surface area (Å²) in [5.41, 5.74) is 0.0934. The highest BCUT2D eigenvalue weighted by atomic mass is 19.3. The highest BCUT2D eigenvalue weighted by Gasteiger charge is 2.53. The van der Waals surface area contributed by atoms with E-state index >= 15 is 0 Å². The molecule has 0 heterocycles. The Morgan fingerprint density at radius 1 is 0.627 bits per heavy atom. The monoisotopic (exact) mass is 842 g/mol. The molecule has 332 valence electrons. The maximum absolute atomic E-state index is 14.4. The number of esters is 3. The first kappa shape index (κ1) is 50.7. The molecule has 4 rings (SSSR count). The Hall–Kier alpha value is -4.40. The van der Waals surface area contributed by atoms with Gasteiger partial charge in [-0.3, -0.25) is 0 Å². The number of carboxylic acids is 1. The van der Waals surface area contributed by atoms with Gasteiger partial charge >= 0.3 is 35.7 Å². The Kier molecular flexibility index (Phi) is 19.6. The van der Waals surface area contributed by atoms with Gasteiger partial charge in [-0.25, -0.2) is 19.2 Å². The van der Waals surface area contributed by atoms with Gasteiger partial charge in [0.2, 0.25) is 0 Å². The summed E-state index contributed by atoms with van der Waals surface area (Å²) in [6, 6.07) is 12.9. The molecule has 2 aromatic carbocycles. The van der Waals surface area contributed by atoms with E-state index < -0.39 is 59.8 Å². The average molecular weight is 843 g/mol. The van der Waals surface area contributed by atoms with Crippen LogP contribution in [0, 0.1) is 11.8 Å². The van der Waals surface area contributed by atoms with Crippen LogP contribution in [0.5, 0.6) is 11.5 Å². The van der Waals surface area contributed by atoms with Crippen LogP contribution in [0.25, 0.3) is 0 Å². The molecule has 2 N–H and O–H groups in total. The zero-order chi connectivity index (χ0) is 44.6. The second-order valence-corrected chi connectivity index (χ2v) is 16.0. The van der Waals surface area contributed by atoms with Gasteiger partial charge in [0.05, 0.1) is 24.3 Å². The van der Waals surface area contributed by atoms with Crippen LogP contribution in [0.1, 0.15) is 140 Å². The molecule has 0 aromatic heterocycles. The Balaban J connectivity index is 0.000000338. The fourth-order valence-electron chi connectivity index (χ4n) is 6.62. The van der Waals surface area contributed by atoms with Crippen LogP contribution in [0.2, 0.25) is 0 Å². The smallest absolute Gasteiger partial charge is 0.381 e. The lowest BCUT2D eigenvalue weighted by Crippen LogP contribution is -2.48. The van der Waals surface area contributed by atoms with Crippen molar-refractivity contribution in [3.8, 4) is 11.5 Å². The molecule has 2 fully saturated rings. The van der Waals surface area contributed by atoms with Crippen LogP contribution in [-0.4, -0.2) is 82.6 Å². The molecule has 2 atom stereocenters. The van der Waals surface area contributed by atoms with E-state index in [1.165, 1.54) is 79.4 Å². The van der Waals surface area contributed by atoms with Crippen LogP contribution in [0.15, 0.2) is 48.5 Å². The van der Waals surface area contributed by atoms with Crippen LogP contribution >= 0.6 is 0 Å². The van der Waals surface area contributed by atoms with E-state index in [1.807, 2.05) is 0 Å². The lowest BCUT2D eigenvalue weighted by molar-refractivity contribution is -0.193. The fraction of sp³-hybridized carbons (Fsp3) is 0.636. The molecule has 2 saturated carbocycles. The van der Waals surface area contributed by atoms with E-state index in [1.54, 1.807) is 36.4 Å². The van der Waals surface area contributed by atoms with Gasteiger partial charge < -0.3 is 33.9 Å². The minimum atomic E-state index is -3.93. The highest BCUT2D eigenvalue weighted by Crippen LogP contribution is 2.35. The SMILES string of the molecule is CC1(Oc2ccc(C(=O)O)cc2)CCCCC1.CCOC(=O)C(F)(F)C(O)C(C)C.CCOC(=O)C(F)(F)C(OC(=O)c1ccc(OC2(C)CCCCC2)cc1)C(C)C. The number of benzene rings is 2. The topological polar surface area (TPSA) is 155 Å². The number of halogens is 4. The average Bonchev–Trinajstić information content (AvgIpc) is 3.17. The maximum Gasteiger partial charge on any atom is 0.381 e. The molecule has 0 radical (unpaired) electrons. The van der Waals surface area contributed by atoms with Gasteiger partial charge in [-0.1, -0.05) is 40.5 Å². The molecular formula is C44H62F4O11. The number of aliphatic hydroxyl groups is 1. The second kappa shape index (κ2) is 22.8. The number of carbonyl (C=O) groups is 4. The van der Waals surface area contributed by atoms with Crippen LogP contribution in [0.4, 0.5) is 17.6 Å². The van der Waals surface area contributed by atoms with Crippen LogP contribution < -0.4 is 9.47 Å². The minimum absolute atomic E-state index is 0.0804. The third-order valence-electron chi connectivity index (χ3n) is 10.0. The number of carboxylic acid groups (broad SMARTS) is 1. The second-order valence-electron chi connectivity index (χ2n) is 16.0. The molecule has 2 unspecified atom stereocenters. The van der Waals surface area contributed by atoms with Crippen LogP contribution in [0.3, 0.4) is 0 Å². The first-order valence-corrected chi connectivity index (χ1v) is 20.3. The molecule has 15 heteroatoms. The van der Waals surface area contributed by atoms with Crippen molar-refractivity contribution in [3.05, 3.63) is 59.7 Å². The molecule has 0 spiro atoms. The lowest BCUT2D eigenvalue weighted by atomic mass is 9.86.